The van der Waals surface area contributed by atoms with Gasteiger partial charge in [0, 0.05) is 12.1 Å². The van der Waals surface area contributed by atoms with E-state index in [0.29, 0.717) is 23.4 Å². The number of likely N-dealkylation sites (N-methyl/N-ethyl adjacent to an activating group) is 1. The second kappa shape index (κ2) is 6.03. The van der Waals surface area contributed by atoms with Crippen molar-refractivity contribution in [3.8, 4) is 0 Å². The Kier molecular flexibility index (Phi) is 4.99. The zero-order chi connectivity index (χ0) is 12.1. The number of hydrogen-bond acceptors (Lipinski definition) is 3. The van der Waals surface area contributed by atoms with E-state index in [1.807, 2.05) is 11.8 Å². The van der Waals surface area contributed by atoms with Gasteiger partial charge in [-0.15, -0.1) is 0 Å². The lowest BCUT2D eigenvalue weighted by Crippen LogP contribution is -2.33. The van der Waals surface area contributed by atoms with E-state index in [2.05, 4.69) is 4.98 Å². The first-order chi connectivity index (χ1) is 7.52. The van der Waals surface area contributed by atoms with Crippen LogP contribution in [0.5, 0.6) is 0 Å². The van der Waals surface area contributed by atoms with E-state index >= 15 is 0 Å². The summed E-state index contributed by atoms with van der Waals surface area (Å²) in [6, 6.07) is 3.46. The quantitative estimate of drug-likeness (QED) is 0.821. The number of amides is 1. The van der Waals surface area contributed by atoms with Crippen molar-refractivity contribution >= 4 is 29.1 Å². The van der Waals surface area contributed by atoms with Gasteiger partial charge in [0.05, 0.1) is 6.54 Å². The number of primary amides is 1. The summed E-state index contributed by atoms with van der Waals surface area (Å²) >= 11 is 11.6. The van der Waals surface area contributed by atoms with Gasteiger partial charge in [0.2, 0.25) is 5.91 Å². The van der Waals surface area contributed by atoms with Gasteiger partial charge < -0.3 is 5.73 Å². The Morgan fingerprint density at radius 3 is 2.69 bits per heavy atom. The Labute approximate surface area is 104 Å². The van der Waals surface area contributed by atoms with Crippen LogP contribution in [0.15, 0.2) is 12.1 Å². The number of nitrogens with zero attached hydrogens (tertiary/aromatic N) is 2. The largest absolute Gasteiger partial charge is 0.369 e. The number of nitrogens with two attached hydrogens (primary N) is 1. The summed E-state index contributed by atoms with van der Waals surface area (Å²) in [7, 11) is 0. The first-order valence-corrected chi connectivity index (χ1v) is 5.60. The van der Waals surface area contributed by atoms with Crippen molar-refractivity contribution in [3.63, 3.8) is 0 Å². The molecule has 1 amide bonds. The average molecular weight is 262 g/mol. The lowest BCUT2D eigenvalue weighted by molar-refractivity contribution is -0.119. The third kappa shape index (κ3) is 3.96. The Morgan fingerprint density at radius 1 is 1.50 bits per heavy atom. The number of carbonyl (C=O) groups is 1. The van der Waals surface area contributed by atoms with Crippen molar-refractivity contribution in [3.05, 3.63) is 28.0 Å². The third-order valence-electron chi connectivity index (χ3n) is 2.11. The number of aromatic nitrogens is 1. The number of rotatable bonds is 5. The Balaban J connectivity index is 2.73. The van der Waals surface area contributed by atoms with Crippen LogP contribution in [0, 0.1) is 0 Å². The molecule has 2 N–H and O–H groups in total. The van der Waals surface area contributed by atoms with Crippen LogP contribution in [0.1, 0.15) is 12.5 Å². The SMILES string of the molecule is CCN(CC(N)=O)Cc1ccc(Cl)nc1Cl. The lowest BCUT2D eigenvalue weighted by atomic mass is 10.2. The normalized spacial score (nSPS) is 10.8. The van der Waals surface area contributed by atoms with Crippen molar-refractivity contribution in [2.45, 2.75) is 13.5 Å². The predicted molar refractivity (Wildman–Crippen MR) is 64.4 cm³/mol. The monoisotopic (exact) mass is 261 g/mol. The fourth-order valence-corrected chi connectivity index (χ4v) is 1.70. The fourth-order valence-electron chi connectivity index (χ4n) is 1.30. The van der Waals surface area contributed by atoms with Gasteiger partial charge in [-0.25, -0.2) is 4.98 Å². The highest BCUT2D eigenvalue weighted by Gasteiger charge is 2.10. The third-order valence-corrected chi connectivity index (χ3v) is 2.65. The molecule has 0 saturated carbocycles. The minimum atomic E-state index is -0.361. The molecule has 1 heterocycles. The van der Waals surface area contributed by atoms with Gasteiger partial charge in [-0.05, 0) is 12.6 Å². The standard InChI is InChI=1S/C10H13Cl2N3O/c1-2-15(6-9(13)16)5-7-3-4-8(11)14-10(7)12/h3-4H,2,5-6H2,1H3,(H2,13,16). The topological polar surface area (TPSA) is 59.2 Å². The second-order valence-corrected chi connectivity index (χ2v) is 4.10. The van der Waals surface area contributed by atoms with Crippen LogP contribution in [-0.4, -0.2) is 28.9 Å². The molecule has 0 fully saturated rings. The van der Waals surface area contributed by atoms with Gasteiger partial charge in [-0.1, -0.05) is 36.2 Å². The van der Waals surface area contributed by atoms with E-state index in [4.69, 9.17) is 28.9 Å². The molecular weight excluding hydrogens is 249 g/mol. The van der Waals surface area contributed by atoms with Gasteiger partial charge >= 0.3 is 0 Å². The van der Waals surface area contributed by atoms with E-state index in [9.17, 15) is 4.79 Å². The second-order valence-electron chi connectivity index (χ2n) is 3.35. The maximum absolute atomic E-state index is 10.8. The van der Waals surface area contributed by atoms with Crippen LogP contribution in [0.3, 0.4) is 0 Å². The van der Waals surface area contributed by atoms with Crippen LogP contribution in [0.2, 0.25) is 10.3 Å². The molecule has 0 unspecified atom stereocenters. The van der Waals surface area contributed by atoms with E-state index < -0.39 is 0 Å². The fraction of sp³-hybridized carbons (Fsp3) is 0.400. The number of hydrogen-bond donors (Lipinski definition) is 1. The van der Waals surface area contributed by atoms with Crippen molar-refractivity contribution in [2.24, 2.45) is 5.73 Å². The first-order valence-electron chi connectivity index (χ1n) is 4.84. The molecule has 0 aliphatic carbocycles. The van der Waals surface area contributed by atoms with Crippen LogP contribution in [-0.2, 0) is 11.3 Å². The molecule has 4 nitrogen and oxygen atoms in total. The molecular formula is C10H13Cl2N3O. The zero-order valence-corrected chi connectivity index (χ0v) is 10.4. The van der Waals surface area contributed by atoms with Crippen LogP contribution >= 0.6 is 23.2 Å². The van der Waals surface area contributed by atoms with Crippen LogP contribution in [0.4, 0.5) is 0 Å². The first kappa shape index (κ1) is 13.2. The molecule has 88 valence electrons. The maximum atomic E-state index is 10.8. The molecule has 6 heteroatoms. The summed E-state index contributed by atoms with van der Waals surface area (Å²) in [6.45, 7) is 3.39. The van der Waals surface area contributed by atoms with Crippen molar-refractivity contribution in [2.75, 3.05) is 13.1 Å². The summed E-state index contributed by atoms with van der Waals surface area (Å²) < 4.78 is 0. The van der Waals surface area contributed by atoms with E-state index in [0.717, 1.165) is 5.56 Å². The molecule has 0 atom stereocenters. The highest BCUT2D eigenvalue weighted by atomic mass is 35.5. The summed E-state index contributed by atoms with van der Waals surface area (Å²) in [6.07, 6.45) is 0. The summed E-state index contributed by atoms with van der Waals surface area (Å²) in [4.78, 5) is 16.6. The minimum Gasteiger partial charge on any atom is -0.369 e. The highest BCUT2D eigenvalue weighted by molar-refractivity contribution is 6.32. The lowest BCUT2D eigenvalue weighted by Gasteiger charge is -2.18. The molecule has 0 radical (unpaired) electrons. The smallest absolute Gasteiger partial charge is 0.231 e. The van der Waals surface area contributed by atoms with Gasteiger partial charge in [0.1, 0.15) is 10.3 Å². The molecule has 0 spiro atoms. The average Bonchev–Trinajstić information content (AvgIpc) is 2.20. The van der Waals surface area contributed by atoms with E-state index in [1.54, 1.807) is 12.1 Å². The predicted octanol–water partition coefficient (Wildman–Crippen LogP) is 1.70. The molecule has 1 aromatic rings. The minimum absolute atomic E-state index is 0.204. The molecule has 1 rings (SSSR count). The van der Waals surface area contributed by atoms with Gasteiger partial charge in [0.25, 0.3) is 0 Å². The number of halogens is 2. The zero-order valence-electron chi connectivity index (χ0n) is 8.91. The molecule has 0 bridgehead atoms. The maximum Gasteiger partial charge on any atom is 0.231 e. The molecule has 16 heavy (non-hydrogen) atoms. The van der Waals surface area contributed by atoms with Crippen molar-refractivity contribution in [1.29, 1.82) is 0 Å². The molecule has 1 aromatic heterocycles. The number of carbonyl (C=O) groups excluding carboxylic acids is 1. The van der Waals surface area contributed by atoms with Crippen LogP contribution < -0.4 is 5.73 Å². The van der Waals surface area contributed by atoms with Gasteiger partial charge in [-0.3, -0.25) is 9.69 Å². The molecule has 0 aliphatic rings. The summed E-state index contributed by atoms with van der Waals surface area (Å²) in [5, 5.41) is 0.710. The summed E-state index contributed by atoms with van der Waals surface area (Å²) in [5.41, 5.74) is 5.96. The van der Waals surface area contributed by atoms with Crippen LogP contribution in [0.25, 0.3) is 0 Å². The highest BCUT2D eigenvalue weighted by Crippen LogP contribution is 2.18. The number of pyridine rings is 1. The van der Waals surface area contributed by atoms with Crippen molar-refractivity contribution < 1.29 is 4.79 Å². The van der Waals surface area contributed by atoms with E-state index in [1.165, 1.54) is 0 Å². The van der Waals surface area contributed by atoms with Gasteiger partial charge in [0.15, 0.2) is 0 Å². The van der Waals surface area contributed by atoms with E-state index in [-0.39, 0.29) is 12.5 Å². The molecule has 0 saturated heterocycles. The molecule has 0 aliphatic heterocycles. The Morgan fingerprint density at radius 2 is 2.19 bits per heavy atom. The summed E-state index contributed by atoms with van der Waals surface area (Å²) in [5.74, 6) is -0.361. The molecule has 0 aromatic carbocycles. The van der Waals surface area contributed by atoms with Gasteiger partial charge in [-0.2, -0.15) is 0 Å². The van der Waals surface area contributed by atoms with Crippen molar-refractivity contribution in [1.82, 2.24) is 9.88 Å². The Bertz CT molecular complexity index is 384. The Hall–Kier alpha value is -0.840.